The summed E-state index contributed by atoms with van der Waals surface area (Å²) in [6, 6.07) is 8.61. The molecule has 0 spiro atoms. The molecule has 2 saturated heterocycles. The first kappa shape index (κ1) is 25.0. The number of ether oxygens (including phenoxy) is 2. The Morgan fingerprint density at radius 1 is 1.11 bits per heavy atom. The second kappa shape index (κ2) is 12.1. The fourth-order valence-electron chi connectivity index (χ4n) is 4.48. The lowest BCUT2D eigenvalue weighted by Crippen LogP contribution is -2.58. The minimum Gasteiger partial charge on any atom is -0.389 e. The Balaban J connectivity index is 1.32. The summed E-state index contributed by atoms with van der Waals surface area (Å²) >= 11 is 0. The number of aliphatic hydroxyl groups excluding tert-OH is 1. The number of anilines is 1. The van der Waals surface area contributed by atoms with Gasteiger partial charge in [-0.05, 0) is 61.2 Å². The molecule has 0 radical (unpaired) electrons. The van der Waals surface area contributed by atoms with Crippen LogP contribution in [-0.4, -0.2) is 77.6 Å². The number of aromatic nitrogens is 1. The average molecular weight is 487 g/mol. The number of aliphatic hydroxyl groups is 1. The summed E-state index contributed by atoms with van der Waals surface area (Å²) in [6.07, 6.45) is 4.05. The van der Waals surface area contributed by atoms with Crippen molar-refractivity contribution in [1.82, 2.24) is 15.2 Å². The molecule has 2 aliphatic heterocycles. The maximum atomic E-state index is 13.2. The molecule has 0 aliphatic carbocycles. The highest BCUT2D eigenvalue weighted by molar-refractivity contribution is 5.89. The van der Waals surface area contributed by atoms with Crippen LogP contribution in [0.4, 0.5) is 14.9 Å². The van der Waals surface area contributed by atoms with Crippen molar-refractivity contribution in [3.05, 3.63) is 60.2 Å². The number of hydrogen-bond donors (Lipinski definition) is 3. The number of nitrogens with zero attached hydrogens (tertiary/aromatic N) is 2. The van der Waals surface area contributed by atoms with Gasteiger partial charge in [0.25, 0.3) is 0 Å². The van der Waals surface area contributed by atoms with Crippen LogP contribution >= 0.6 is 0 Å². The highest BCUT2D eigenvalue weighted by Gasteiger charge is 2.40. The van der Waals surface area contributed by atoms with Crippen LogP contribution in [0.1, 0.15) is 24.8 Å². The van der Waals surface area contributed by atoms with E-state index in [9.17, 15) is 19.1 Å². The van der Waals surface area contributed by atoms with Crippen LogP contribution in [0.15, 0.2) is 48.8 Å². The van der Waals surface area contributed by atoms with Crippen LogP contribution < -0.4 is 10.6 Å². The van der Waals surface area contributed by atoms with Gasteiger partial charge in [0.2, 0.25) is 5.91 Å². The molecule has 3 N–H and O–H groups in total. The zero-order valence-electron chi connectivity index (χ0n) is 19.4. The normalized spacial score (nSPS) is 24.6. The molecule has 3 amide bonds. The summed E-state index contributed by atoms with van der Waals surface area (Å²) < 4.78 is 25.0. The maximum absolute atomic E-state index is 13.2. The van der Waals surface area contributed by atoms with Crippen LogP contribution in [0.25, 0.3) is 0 Å². The molecule has 9 nitrogen and oxygen atoms in total. The van der Waals surface area contributed by atoms with Crippen molar-refractivity contribution in [3.63, 3.8) is 0 Å². The van der Waals surface area contributed by atoms with Crippen molar-refractivity contribution in [1.29, 1.82) is 0 Å². The van der Waals surface area contributed by atoms with Crippen LogP contribution in [-0.2, 0) is 20.7 Å². The topological polar surface area (TPSA) is 113 Å². The number of β-amino-alcohol motifs (C(OH)–C–C–N with tert-alkyl or cyclic N) is 1. The number of rotatable bonds is 6. The lowest BCUT2D eigenvalue weighted by molar-refractivity contribution is -0.149. The Bertz CT molecular complexity index is 978. The molecule has 2 aliphatic rings. The molecule has 2 aromatic rings. The van der Waals surface area contributed by atoms with Crippen molar-refractivity contribution >= 4 is 17.6 Å². The van der Waals surface area contributed by atoms with Crippen molar-refractivity contribution in [2.45, 2.75) is 50.0 Å². The first-order valence-corrected chi connectivity index (χ1v) is 11.9. The number of nitrogens with one attached hydrogen (secondary N) is 2. The Labute approximate surface area is 203 Å². The highest BCUT2D eigenvalue weighted by atomic mass is 19.1. The van der Waals surface area contributed by atoms with E-state index in [0.717, 1.165) is 12.0 Å². The quantitative estimate of drug-likeness (QED) is 0.577. The summed E-state index contributed by atoms with van der Waals surface area (Å²) in [7, 11) is 0. The van der Waals surface area contributed by atoms with E-state index in [-0.39, 0.29) is 44.2 Å². The van der Waals surface area contributed by atoms with Crippen molar-refractivity contribution in [2.75, 3.05) is 31.6 Å². The molecular formula is C25H31FN4O5. The monoisotopic (exact) mass is 486 g/mol. The zero-order chi connectivity index (χ0) is 24.6. The van der Waals surface area contributed by atoms with Gasteiger partial charge in [0.05, 0.1) is 44.4 Å². The SMILES string of the molecule is O=C(C[C@@H]1CC[C@@H]2[C@H](COC[C@H](O)CN2C(=O)Nc2ccc(F)cc2)O1)NCCc1ccncc1. The van der Waals surface area contributed by atoms with Crippen LogP contribution in [0.5, 0.6) is 0 Å². The molecule has 3 heterocycles. The molecule has 1 aromatic carbocycles. The third-order valence-electron chi connectivity index (χ3n) is 6.24. The Morgan fingerprint density at radius 3 is 2.66 bits per heavy atom. The number of amides is 3. The molecule has 4 atom stereocenters. The van der Waals surface area contributed by atoms with Gasteiger partial charge in [0, 0.05) is 24.6 Å². The summed E-state index contributed by atoms with van der Waals surface area (Å²) in [5.41, 5.74) is 1.56. The van der Waals surface area contributed by atoms with Gasteiger partial charge in [0.1, 0.15) is 11.9 Å². The zero-order valence-corrected chi connectivity index (χ0v) is 19.4. The smallest absolute Gasteiger partial charge is 0.322 e. The fraction of sp³-hybridized carbons (Fsp3) is 0.480. The van der Waals surface area contributed by atoms with Gasteiger partial charge in [-0.2, -0.15) is 0 Å². The predicted octanol–water partition coefficient (Wildman–Crippen LogP) is 2.11. The Kier molecular flexibility index (Phi) is 8.62. The number of hydrogen-bond acceptors (Lipinski definition) is 6. The minimum absolute atomic E-state index is 0.0765. The number of fused-ring (bicyclic) bond motifs is 1. The van der Waals surface area contributed by atoms with Gasteiger partial charge in [-0.15, -0.1) is 0 Å². The van der Waals surface area contributed by atoms with Gasteiger partial charge >= 0.3 is 6.03 Å². The number of halogens is 1. The lowest BCUT2D eigenvalue weighted by Gasteiger charge is -2.44. The molecule has 4 rings (SSSR count). The van der Waals surface area contributed by atoms with Crippen molar-refractivity contribution in [2.24, 2.45) is 0 Å². The number of urea groups is 1. The molecule has 0 unspecified atom stereocenters. The summed E-state index contributed by atoms with van der Waals surface area (Å²) in [6.45, 7) is 0.896. The average Bonchev–Trinajstić information content (AvgIpc) is 2.84. The Hall–Kier alpha value is -3.08. The van der Waals surface area contributed by atoms with E-state index in [1.165, 1.54) is 24.3 Å². The van der Waals surface area contributed by atoms with Gasteiger partial charge in [-0.1, -0.05) is 0 Å². The standard InChI is InChI=1S/C25H31FN4O5/c26-18-1-3-19(4-2-18)29-25(33)30-14-20(31)15-34-16-23-22(30)6-5-21(35-23)13-24(32)28-12-9-17-7-10-27-11-8-17/h1-4,7-8,10-11,20-23,31H,5-6,9,12-16H2,(H,28,32)(H,29,33)/t20-,21+,22-,23+/m1/s1. The molecule has 188 valence electrons. The second-order valence-electron chi connectivity index (χ2n) is 8.88. The van der Waals surface area contributed by atoms with E-state index in [0.29, 0.717) is 25.1 Å². The third-order valence-corrected chi connectivity index (χ3v) is 6.24. The number of carbonyl (C=O) groups excluding carboxylic acids is 2. The fourth-order valence-corrected chi connectivity index (χ4v) is 4.48. The van der Waals surface area contributed by atoms with E-state index in [2.05, 4.69) is 15.6 Å². The van der Waals surface area contributed by atoms with E-state index < -0.39 is 24.1 Å². The lowest BCUT2D eigenvalue weighted by atomic mass is 9.95. The summed E-state index contributed by atoms with van der Waals surface area (Å²) in [5, 5.41) is 16.0. The Morgan fingerprint density at radius 2 is 1.89 bits per heavy atom. The van der Waals surface area contributed by atoms with Crippen molar-refractivity contribution in [3.8, 4) is 0 Å². The molecule has 0 saturated carbocycles. The van der Waals surface area contributed by atoms with E-state index in [1.807, 2.05) is 12.1 Å². The molecule has 0 bridgehead atoms. The minimum atomic E-state index is -0.834. The van der Waals surface area contributed by atoms with Crippen molar-refractivity contribution < 1.29 is 28.6 Å². The van der Waals surface area contributed by atoms with E-state index in [4.69, 9.17) is 9.47 Å². The second-order valence-corrected chi connectivity index (χ2v) is 8.88. The highest BCUT2D eigenvalue weighted by Crippen LogP contribution is 2.28. The van der Waals surface area contributed by atoms with Crippen LogP contribution in [0.3, 0.4) is 0 Å². The molecule has 35 heavy (non-hydrogen) atoms. The molecule has 10 heteroatoms. The predicted molar refractivity (Wildman–Crippen MR) is 126 cm³/mol. The molecular weight excluding hydrogens is 455 g/mol. The van der Waals surface area contributed by atoms with Gasteiger partial charge < -0.3 is 30.1 Å². The number of benzene rings is 1. The largest absolute Gasteiger partial charge is 0.389 e. The maximum Gasteiger partial charge on any atom is 0.322 e. The molecule has 1 aromatic heterocycles. The van der Waals surface area contributed by atoms with Gasteiger partial charge in [0.15, 0.2) is 0 Å². The molecule has 2 fully saturated rings. The van der Waals surface area contributed by atoms with Crippen LogP contribution in [0.2, 0.25) is 0 Å². The van der Waals surface area contributed by atoms with Gasteiger partial charge in [-0.25, -0.2) is 9.18 Å². The first-order valence-electron chi connectivity index (χ1n) is 11.9. The van der Waals surface area contributed by atoms with E-state index in [1.54, 1.807) is 17.3 Å². The van der Waals surface area contributed by atoms with Gasteiger partial charge in [-0.3, -0.25) is 9.78 Å². The number of carbonyl (C=O) groups is 2. The summed E-state index contributed by atoms with van der Waals surface area (Å²) in [5.74, 6) is -0.481. The first-order chi connectivity index (χ1) is 17.0. The summed E-state index contributed by atoms with van der Waals surface area (Å²) in [4.78, 5) is 31.1. The van der Waals surface area contributed by atoms with E-state index >= 15 is 0 Å². The third kappa shape index (κ3) is 7.20. The number of pyridine rings is 1. The van der Waals surface area contributed by atoms with Crippen LogP contribution in [0, 0.1) is 5.82 Å².